The molecule has 0 bridgehead atoms. The Morgan fingerprint density at radius 2 is 2.03 bits per heavy atom. The molecule has 3 aromatic rings. The molecule has 210 valence electrons. The predicted molar refractivity (Wildman–Crippen MR) is 138 cm³/mol. The second kappa shape index (κ2) is 9.86. The second-order valence-corrected chi connectivity index (χ2v) is 13.3. The number of alkyl halides is 3. The molecule has 1 N–H and O–H groups in total. The summed E-state index contributed by atoms with van der Waals surface area (Å²) >= 11 is 0.657. The van der Waals surface area contributed by atoms with Gasteiger partial charge in [-0.1, -0.05) is 17.4 Å². The number of nitrogens with zero attached hydrogens (tertiary/aromatic N) is 5. The average molecular weight is 585 g/mol. The van der Waals surface area contributed by atoms with Gasteiger partial charge in [0.1, 0.15) is 12.3 Å². The first-order valence-corrected chi connectivity index (χ1v) is 14.5. The molecule has 4 heterocycles. The zero-order valence-corrected chi connectivity index (χ0v) is 23.1. The normalized spacial score (nSPS) is 17.5. The van der Waals surface area contributed by atoms with E-state index in [9.17, 15) is 26.4 Å². The summed E-state index contributed by atoms with van der Waals surface area (Å²) in [7, 11) is -4.15. The molecule has 0 saturated heterocycles. The van der Waals surface area contributed by atoms with Crippen molar-refractivity contribution >= 4 is 38.5 Å². The number of rotatable bonds is 7. The summed E-state index contributed by atoms with van der Waals surface area (Å²) in [5.41, 5.74) is 0.0467. The van der Waals surface area contributed by atoms with Crippen LogP contribution in [0.3, 0.4) is 0 Å². The van der Waals surface area contributed by atoms with Crippen LogP contribution in [0.5, 0.6) is 0 Å². The smallest absolute Gasteiger partial charge is 0.410 e. The highest BCUT2D eigenvalue weighted by atomic mass is 32.2. The van der Waals surface area contributed by atoms with Crippen molar-refractivity contribution in [1.29, 1.82) is 0 Å². The van der Waals surface area contributed by atoms with Gasteiger partial charge in [-0.05, 0) is 51.7 Å². The molecule has 5 rings (SSSR count). The van der Waals surface area contributed by atoms with Crippen LogP contribution >= 0.6 is 11.3 Å². The number of halogens is 3. The van der Waals surface area contributed by atoms with E-state index in [2.05, 4.69) is 19.9 Å². The van der Waals surface area contributed by atoms with E-state index in [1.807, 2.05) is 6.08 Å². The monoisotopic (exact) mass is 584 g/mol. The van der Waals surface area contributed by atoms with Crippen molar-refractivity contribution in [3.05, 3.63) is 35.1 Å². The Morgan fingerprint density at radius 3 is 2.59 bits per heavy atom. The highest BCUT2D eigenvalue weighted by molar-refractivity contribution is 7.89. The van der Waals surface area contributed by atoms with Crippen molar-refractivity contribution in [3.8, 4) is 10.8 Å². The van der Waals surface area contributed by atoms with Crippen LogP contribution < -0.4 is 4.72 Å². The lowest BCUT2D eigenvalue weighted by atomic mass is 9.99. The number of nitrogens with one attached hydrogen (secondary N) is 1. The number of hydrogen-bond donors (Lipinski definition) is 1. The molecule has 1 saturated carbocycles. The van der Waals surface area contributed by atoms with Crippen molar-refractivity contribution in [2.45, 2.75) is 62.5 Å². The highest BCUT2D eigenvalue weighted by Crippen LogP contribution is 2.38. The van der Waals surface area contributed by atoms with E-state index in [4.69, 9.17) is 4.74 Å². The highest BCUT2D eigenvalue weighted by Gasteiger charge is 2.46. The minimum Gasteiger partial charge on any atom is -0.444 e. The van der Waals surface area contributed by atoms with Gasteiger partial charge in [-0.25, -0.2) is 36.1 Å². The maximum absolute atomic E-state index is 13.5. The van der Waals surface area contributed by atoms with Gasteiger partial charge in [0.25, 0.3) is 6.43 Å². The Morgan fingerprint density at radius 1 is 1.28 bits per heavy atom. The fourth-order valence-corrected chi connectivity index (χ4v) is 6.37. The van der Waals surface area contributed by atoms with Gasteiger partial charge < -0.3 is 9.64 Å². The van der Waals surface area contributed by atoms with Gasteiger partial charge in [-0.15, -0.1) is 10.2 Å². The zero-order chi connectivity index (χ0) is 28.2. The van der Waals surface area contributed by atoms with Gasteiger partial charge in [0.2, 0.25) is 10.0 Å². The molecule has 0 unspecified atom stereocenters. The number of aromatic nitrogens is 4. The number of fused-ring (bicyclic) bond motifs is 1. The van der Waals surface area contributed by atoms with Crippen LogP contribution in [-0.2, 0) is 14.8 Å². The standard InChI is InChI=1S/C24H27F3N6O4S2/c1-23(2,3)37-22(34)32-8-4-14(5-9-32)16-10-15(39(35,36)31-24(13-25)6-7-24)12-33-17(16)11-28-19(33)21-30-29-20(38-21)18(26)27/h4,10-12,18,31H,5-9,13H2,1-3H3. The summed E-state index contributed by atoms with van der Waals surface area (Å²) in [4.78, 5) is 18.3. The van der Waals surface area contributed by atoms with E-state index in [-0.39, 0.29) is 22.3 Å². The van der Waals surface area contributed by atoms with Crippen LogP contribution in [-0.4, -0.2) is 69.9 Å². The van der Waals surface area contributed by atoms with Gasteiger partial charge in [-0.2, -0.15) is 0 Å². The Balaban J connectivity index is 1.57. The van der Waals surface area contributed by atoms with E-state index >= 15 is 0 Å². The third-order valence-electron chi connectivity index (χ3n) is 6.41. The van der Waals surface area contributed by atoms with Gasteiger partial charge >= 0.3 is 6.09 Å². The lowest BCUT2D eigenvalue weighted by Gasteiger charge is -2.29. The van der Waals surface area contributed by atoms with Crippen LogP contribution in [0.4, 0.5) is 18.0 Å². The number of sulfonamides is 1. The SMILES string of the molecule is CC(C)(C)OC(=O)N1CC=C(c2cc(S(=O)(=O)NC3(CF)CC3)cn3c(-c4nnc(C(F)F)s4)ncc23)CC1. The summed E-state index contributed by atoms with van der Waals surface area (Å²) in [5, 5.41) is 6.94. The van der Waals surface area contributed by atoms with Crippen molar-refractivity contribution in [3.63, 3.8) is 0 Å². The quantitative estimate of drug-likeness (QED) is 0.431. The van der Waals surface area contributed by atoms with Crippen molar-refractivity contribution in [2.75, 3.05) is 19.8 Å². The molecule has 1 aliphatic carbocycles. The molecule has 10 nitrogen and oxygen atoms in total. The van der Waals surface area contributed by atoms with Crippen LogP contribution in [0, 0.1) is 0 Å². The molecule has 3 aromatic heterocycles. The summed E-state index contributed by atoms with van der Waals surface area (Å²) in [6, 6.07) is 1.48. The van der Waals surface area contributed by atoms with Gasteiger partial charge in [0.15, 0.2) is 15.8 Å². The number of hydrogen-bond acceptors (Lipinski definition) is 8. The maximum atomic E-state index is 13.5. The lowest BCUT2D eigenvalue weighted by molar-refractivity contribution is 0.0270. The fraction of sp³-hybridized carbons (Fsp3) is 0.500. The molecular weight excluding hydrogens is 557 g/mol. The third-order valence-corrected chi connectivity index (χ3v) is 8.88. The molecule has 2 aliphatic rings. The third kappa shape index (κ3) is 5.65. The van der Waals surface area contributed by atoms with Crippen LogP contribution in [0.25, 0.3) is 21.9 Å². The minimum atomic E-state index is -4.15. The molecule has 0 aromatic carbocycles. The number of carbonyl (C=O) groups is 1. The molecule has 39 heavy (non-hydrogen) atoms. The second-order valence-electron chi connectivity index (χ2n) is 10.6. The van der Waals surface area contributed by atoms with Gasteiger partial charge in [-0.3, -0.25) is 4.40 Å². The van der Waals surface area contributed by atoms with E-state index < -0.39 is 45.4 Å². The van der Waals surface area contributed by atoms with Crippen molar-refractivity contribution in [1.82, 2.24) is 29.2 Å². The molecule has 0 atom stereocenters. The Hall–Kier alpha value is -3.04. The molecule has 1 aliphatic heterocycles. The number of carbonyl (C=O) groups excluding carboxylic acids is 1. The largest absolute Gasteiger partial charge is 0.444 e. The van der Waals surface area contributed by atoms with E-state index in [1.165, 1.54) is 22.9 Å². The molecule has 1 fully saturated rings. The zero-order valence-electron chi connectivity index (χ0n) is 21.4. The first-order chi connectivity index (χ1) is 18.3. The summed E-state index contributed by atoms with van der Waals surface area (Å²) in [6.45, 7) is 5.08. The number of amides is 1. The lowest BCUT2D eigenvalue weighted by Crippen LogP contribution is -2.39. The van der Waals surface area contributed by atoms with Gasteiger partial charge in [0.05, 0.1) is 22.1 Å². The molecule has 0 spiro atoms. The first kappa shape index (κ1) is 27.5. The maximum Gasteiger partial charge on any atom is 0.410 e. The first-order valence-electron chi connectivity index (χ1n) is 12.2. The number of ether oxygens (including phenoxy) is 1. The van der Waals surface area contributed by atoms with Crippen LogP contribution in [0.15, 0.2) is 29.4 Å². The predicted octanol–water partition coefficient (Wildman–Crippen LogP) is 4.60. The molecule has 0 radical (unpaired) electrons. The van der Waals surface area contributed by atoms with Gasteiger partial charge in [0, 0.05) is 24.8 Å². The molecular formula is C24H27F3N6O4S2. The summed E-state index contributed by atoms with van der Waals surface area (Å²) in [5.74, 6) is 0.145. The molecule has 1 amide bonds. The minimum absolute atomic E-state index is 0.0925. The Kier molecular flexibility index (Phi) is 6.96. The average Bonchev–Trinajstić information content (AvgIpc) is 3.26. The molecule has 15 heteroatoms. The fourth-order valence-electron chi connectivity index (χ4n) is 4.21. The van der Waals surface area contributed by atoms with Crippen LogP contribution in [0.1, 0.15) is 57.0 Å². The van der Waals surface area contributed by atoms with E-state index in [0.717, 1.165) is 5.57 Å². The summed E-state index contributed by atoms with van der Waals surface area (Å²) in [6.07, 6.45) is 2.54. The van der Waals surface area contributed by atoms with Crippen molar-refractivity contribution in [2.24, 2.45) is 0 Å². The van der Waals surface area contributed by atoms with Crippen molar-refractivity contribution < 1.29 is 31.1 Å². The Bertz CT molecular complexity index is 1560. The van der Waals surface area contributed by atoms with Crippen LogP contribution in [0.2, 0.25) is 0 Å². The van der Waals surface area contributed by atoms with E-state index in [0.29, 0.717) is 48.2 Å². The topological polar surface area (TPSA) is 119 Å². The Labute approximate surface area is 226 Å². The van der Waals surface area contributed by atoms with E-state index in [1.54, 1.807) is 25.7 Å². The summed E-state index contributed by atoms with van der Waals surface area (Å²) < 4.78 is 75.9. The number of imidazole rings is 1. The number of pyridine rings is 1.